The summed E-state index contributed by atoms with van der Waals surface area (Å²) < 4.78 is 24.0. The van der Waals surface area contributed by atoms with E-state index in [0.717, 1.165) is 40.8 Å². The number of likely N-dealkylation sites (N-methyl/N-ethyl adjacent to an activating group) is 1. The van der Waals surface area contributed by atoms with Gasteiger partial charge in [0.15, 0.2) is 12.3 Å². The van der Waals surface area contributed by atoms with E-state index in [9.17, 15) is 78.3 Å². The summed E-state index contributed by atoms with van der Waals surface area (Å²) in [5.74, 6) is -12.7. The Kier molecular flexibility index (Phi) is 31.0. The molecule has 4 bridgehead atoms. The molecule has 2 aromatic carbocycles. The number of ether oxygens (including phenoxy) is 4. The Balaban J connectivity index is 1.25. The van der Waals surface area contributed by atoms with Gasteiger partial charge < -0.3 is 97.2 Å². The molecule has 9 amide bonds. The van der Waals surface area contributed by atoms with Crippen molar-refractivity contribution in [2.45, 2.75) is 191 Å². The van der Waals surface area contributed by atoms with Gasteiger partial charge >= 0.3 is 17.6 Å². The van der Waals surface area contributed by atoms with Crippen LogP contribution in [-0.4, -0.2) is 230 Å². The summed E-state index contributed by atoms with van der Waals surface area (Å²) in [6.07, 6.45) is -7.20. The van der Waals surface area contributed by atoms with Crippen LogP contribution < -0.4 is 63.8 Å². The first-order chi connectivity index (χ1) is 48.7. The van der Waals surface area contributed by atoms with Crippen LogP contribution in [0.4, 0.5) is 0 Å². The predicted octanol–water partition coefficient (Wildman–Crippen LogP) is -3.45. The van der Waals surface area contributed by atoms with E-state index in [2.05, 4.69) is 47.9 Å². The number of hydrogen-bond donors (Lipinski definition) is 15. The molecular formula is C69H98N12O22. The molecule has 103 heavy (non-hydrogen) atoms. The van der Waals surface area contributed by atoms with Crippen LogP contribution in [0.25, 0.3) is 0 Å². The van der Waals surface area contributed by atoms with Crippen LogP contribution >= 0.6 is 0 Å². The third-order valence-electron chi connectivity index (χ3n) is 18.2. The van der Waals surface area contributed by atoms with E-state index < -0.39 is 192 Å². The van der Waals surface area contributed by atoms with Crippen molar-refractivity contribution in [3.05, 3.63) is 111 Å². The molecule has 1 aromatic heterocycles. The van der Waals surface area contributed by atoms with Crippen LogP contribution in [0.2, 0.25) is 0 Å². The number of rotatable bonds is 23. The number of amides is 9. The van der Waals surface area contributed by atoms with Crippen LogP contribution in [0.3, 0.4) is 0 Å². The normalized spacial score (nSPS) is 27.3. The van der Waals surface area contributed by atoms with Crippen LogP contribution in [-0.2, 0) is 73.4 Å². The van der Waals surface area contributed by atoms with Crippen LogP contribution in [0.1, 0.15) is 117 Å². The van der Waals surface area contributed by atoms with Crippen LogP contribution in [0.5, 0.6) is 5.75 Å². The Bertz CT molecular complexity index is 3590. The highest BCUT2D eigenvalue weighted by atomic mass is 16.6. The summed E-state index contributed by atoms with van der Waals surface area (Å²) in [7, 11) is 1.27. The van der Waals surface area contributed by atoms with Gasteiger partial charge in [-0.25, -0.2) is 9.59 Å². The lowest BCUT2D eigenvalue weighted by Crippen LogP contribution is -2.61. The highest BCUT2D eigenvalue weighted by Crippen LogP contribution is 2.29. The number of aromatic nitrogens is 2. The summed E-state index contributed by atoms with van der Waals surface area (Å²) in [5.41, 5.74) is -2.96. The molecule has 34 heteroatoms. The summed E-state index contributed by atoms with van der Waals surface area (Å²) in [6, 6.07) is 4.59. The summed E-state index contributed by atoms with van der Waals surface area (Å²) in [5, 5.41) is 79.0. The number of nitrogens with zero attached hydrogens (tertiary/aromatic N) is 2. The standard InChI is InChI=1S/C69H98N12O22/c1-10-37(4)53-62(93)79-56-43-21-23-44(24-22-43)102-41(8)69(99,35-70-28-14-15-29-71-48(83)19-16-20-49(84)72-32-47-58(89)59(90)66(103-47)81-30-26-51(86)75-68(81)98)27-25-50(85)73-33-52(87)100-34-45(67(97)101-40(7)55(64(95)76-53)78-60(91)38(5)57(88)36(2)3)74-63(94)54(39(6)82)77-61(92)46(80(9)65(56)96)31-42-17-12-11-13-18-42/h11-13,17-18,21-27,30,36-41,45-47,53-59,66,70,82,88-90,99H,10,14-16,19-20,28-29,31-35H2,1-9H3,(H,71,83)(H,72,84)(H,73,85)(H,74,94)(H,76,95)(H,77,92)(H,78,91)(H,79,93)(H,75,86,98)/b27-25+/t37-,38+,39+,40+,41-,45-,46-,47+,53+,54+,55-,56-,57+,58+,59+,66+,69+/m0/s1. The molecule has 566 valence electrons. The monoisotopic (exact) mass is 1450 g/mol. The van der Waals surface area contributed by atoms with Crippen molar-refractivity contribution in [2.75, 3.05) is 46.4 Å². The minimum absolute atomic E-state index is 0.0140. The quantitative estimate of drug-likeness (QED) is 0.0324. The second-order valence-electron chi connectivity index (χ2n) is 26.4. The molecule has 0 saturated carbocycles. The summed E-state index contributed by atoms with van der Waals surface area (Å²) in [4.78, 5) is 182. The van der Waals surface area contributed by atoms with Gasteiger partial charge in [-0.2, -0.15) is 0 Å². The number of nitrogens with one attached hydrogen (secondary N) is 10. The fourth-order valence-corrected chi connectivity index (χ4v) is 11.4. The van der Waals surface area contributed by atoms with Crippen molar-refractivity contribution >= 4 is 65.1 Å². The molecule has 2 saturated heterocycles. The van der Waals surface area contributed by atoms with E-state index in [1.165, 1.54) is 52.1 Å². The first kappa shape index (κ1) is 82.5. The SMILES string of the molecule is CC[C@H](C)[C@H]1NC(=O)[C@@H](NC(=O)[C@H](C)[C@H](O)C(C)C)[C@@H](C)OC(=O)[C@@H]2COC(=O)CNC(=O)/C=C/[C@@](O)(CNCCCCNC(=O)CCCC(=O)NC[C@H]3O[C@@H](n4ccc(=O)[nH]c4=O)[C@H](O)[C@@H]3O)[C@H](C)Oc3ccc(cc3)[C@H](NC1=O)C(=O)N(C)[C@@H](Cc1ccccc1)C(=O)N[C@H]([C@@H](C)O)C(=O)N2. The van der Waals surface area contributed by atoms with Crippen molar-refractivity contribution in [1.29, 1.82) is 0 Å². The molecule has 0 unspecified atom stereocenters. The van der Waals surface area contributed by atoms with Crippen molar-refractivity contribution in [3.63, 3.8) is 0 Å². The third-order valence-corrected chi connectivity index (χ3v) is 18.2. The fourth-order valence-electron chi connectivity index (χ4n) is 11.4. The molecule has 34 nitrogen and oxygen atoms in total. The number of aromatic amines is 1. The van der Waals surface area contributed by atoms with E-state index in [1.54, 1.807) is 58.0 Å². The molecule has 4 aliphatic heterocycles. The lowest BCUT2D eigenvalue weighted by molar-refractivity contribution is -0.160. The van der Waals surface area contributed by atoms with Crippen LogP contribution in [0.15, 0.2) is 88.6 Å². The van der Waals surface area contributed by atoms with Gasteiger partial charge in [-0.05, 0) is 87.7 Å². The van der Waals surface area contributed by atoms with Gasteiger partial charge in [-0.15, -0.1) is 0 Å². The number of aliphatic hydroxyl groups excluding tert-OH is 4. The van der Waals surface area contributed by atoms with Crippen molar-refractivity contribution in [2.24, 2.45) is 17.8 Å². The number of cyclic esters (lactones) is 1. The molecule has 2 fully saturated rings. The van der Waals surface area contributed by atoms with E-state index in [4.69, 9.17) is 18.9 Å². The number of esters is 2. The zero-order valence-corrected chi connectivity index (χ0v) is 59.1. The molecule has 17 atom stereocenters. The Hall–Kier alpha value is -9.45. The zero-order chi connectivity index (χ0) is 76.0. The summed E-state index contributed by atoms with van der Waals surface area (Å²) >= 11 is 0. The number of H-pyrrole nitrogens is 1. The second kappa shape index (κ2) is 38.7. The first-order valence-corrected chi connectivity index (χ1v) is 34.3. The average molecular weight is 1450 g/mol. The molecular weight excluding hydrogens is 1350 g/mol. The van der Waals surface area contributed by atoms with Gasteiger partial charge in [0.05, 0.1) is 18.1 Å². The summed E-state index contributed by atoms with van der Waals surface area (Å²) in [6.45, 7) is 9.94. The topological polar surface area (TPSA) is 492 Å². The number of fused-ring (bicyclic) bond motifs is 11. The fraction of sp³-hybridized carbons (Fsp3) is 0.580. The van der Waals surface area contributed by atoms with E-state index in [-0.39, 0.29) is 75.5 Å². The van der Waals surface area contributed by atoms with Gasteiger partial charge in [-0.1, -0.05) is 83.5 Å². The van der Waals surface area contributed by atoms with Crippen molar-refractivity contribution in [1.82, 2.24) is 62.3 Å². The molecule has 0 radical (unpaired) electrons. The smallest absolute Gasteiger partial charge is 0.332 e. The van der Waals surface area contributed by atoms with Gasteiger partial charge in [0, 0.05) is 64.3 Å². The highest BCUT2D eigenvalue weighted by Gasteiger charge is 2.46. The molecule has 7 rings (SSSR count). The van der Waals surface area contributed by atoms with Crippen molar-refractivity contribution in [3.8, 4) is 5.75 Å². The Morgan fingerprint density at radius 1 is 0.748 bits per heavy atom. The van der Waals surface area contributed by atoms with Crippen LogP contribution in [0, 0.1) is 17.8 Å². The molecule has 4 aliphatic rings. The number of aliphatic hydroxyl groups is 5. The number of hydrogen-bond acceptors (Lipinski definition) is 23. The van der Waals surface area contributed by atoms with Crippen molar-refractivity contribution < 1.29 is 97.2 Å². The molecule has 3 aromatic rings. The lowest BCUT2D eigenvalue weighted by atomic mass is 9.93. The largest absolute Gasteiger partial charge is 0.487 e. The number of benzene rings is 2. The Labute approximate surface area is 594 Å². The third kappa shape index (κ3) is 23.5. The second-order valence-corrected chi connectivity index (χ2v) is 26.4. The predicted molar refractivity (Wildman–Crippen MR) is 366 cm³/mol. The maximum Gasteiger partial charge on any atom is 0.332 e. The van der Waals surface area contributed by atoms with Gasteiger partial charge in [0.1, 0.15) is 85.2 Å². The lowest BCUT2D eigenvalue weighted by Gasteiger charge is -2.34. The maximum atomic E-state index is 15.4. The van der Waals surface area contributed by atoms with E-state index >= 15 is 9.59 Å². The molecule has 5 heterocycles. The number of carbonyl (C=O) groups is 11. The number of carbonyl (C=O) groups excluding carboxylic acids is 11. The minimum atomic E-state index is -2.04. The van der Waals surface area contributed by atoms with Gasteiger partial charge in [0.2, 0.25) is 53.2 Å². The number of unbranched alkanes of at least 4 members (excludes halogenated alkanes) is 1. The highest BCUT2D eigenvalue weighted by molar-refractivity contribution is 5.98. The minimum Gasteiger partial charge on any atom is -0.487 e. The van der Waals surface area contributed by atoms with E-state index in [1.807, 2.05) is 4.98 Å². The first-order valence-electron chi connectivity index (χ1n) is 34.3. The molecule has 0 aliphatic carbocycles. The average Bonchev–Trinajstić information content (AvgIpc) is 1.73. The zero-order valence-electron chi connectivity index (χ0n) is 59.1. The van der Waals surface area contributed by atoms with Gasteiger partial charge in [-0.3, -0.25) is 62.3 Å². The molecule has 0 spiro atoms. The maximum absolute atomic E-state index is 15.4. The van der Waals surface area contributed by atoms with Gasteiger partial charge in [0.25, 0.3) is 5.56 Å². The Morgan fingerprint density at radius 2 is 1.40 bits per heavy atom. The molecule has 15 N–H and O–H groups in total. The Morgan fingerprint density at radius 3 is 2.05 bits per heavy atom. The van der Waals surface area contributed by atoms with E-state index in [0.29, 0.717) is 18.4 Å².